The van der Waals surface area contributed by atoms with Gasteiger partial charge in [-0.3, -0.25) is 4.90 Å². The Balaban J connectivity index is 1.78. The zero-order valence-electron chi connectivity index (χ0n) is 11.6. The number of benzene rings is 1. The molecule has 1 aliphatic rings. The van der Waals surface area contributed by atoms with Gasteiger partial charge in [-0.2, -0.15) is 5.26 Å². The molecule has 0 aromatic heterocycles. The van der Waals surface area contributed by atoms with Gasteiger partial charge in [0.2, 0.25) is 0 Å². The van der Waals surface area contributed by atoms with E-state index in [1.165, 1.54) is 25.8 Å². The fraction of sp³-hybridized carbons (Fsp3) is 0.562. The van der Waals surface area contributed by atoms with Crippen LogP contribution in [-0.4, -0.2) is 31.1 Å². The van der Waals surface area contributed by atoms with E-state index in [9.17, 15) is 0 Å². The van der Waals surface area contributed by atoms with Crippen molar-refractivity contribution < 1.29 is 4.74 Å². The Kier molecular flexibility index (Phi) is 5.23. The minimum absolute atomic E-state index is 0.617. The van der Waals surface area contributed by atoms with Crippen molar-refractivity contribution in [3.63, 3.8) is 0 Å². The van der Waals surface area contributed by atoms with Crippen molar-refractivity contribution in [3.05, 3.63) is 29.8 Å². The lowest BCUT2D eigenvalue weighted by molar-refractivity contribution is 0.202. The van der Waals surface area contributed by atoms with Crippen LogP contribution in [0.5, 0.6) is 5.75 Å². The molecule has 1 aromatic carbocycles. The van der Waals surface area contributed by atoms with Crippen molar-refractivity contribution >= 4 is 0 Å². The summed E-state index contributed by atoms with van der Waals surface area (Å²) in [5.74, 6) is 1.62. The van der Waals surface area contributed by atoms with E-state index < -0.39 is 0 Å². The van der Waals surface area contributed by atoms with E-state index in [2.05, 4.69) is 17.9 Å². The molecule has 1 aliphatic carbocycles. The first-order chi connectivity index (χ1) is 9.33. The van der Waals surface area contributed by atoms with Crippen LogP contribution in [-0.2, 0) is 0 Å². The predicted molar refractivity (Wildman–Crippen MR) is 76.1 cm³/mol. The van der Waals surface area contributed by atoms with Crippen LogP contribution in [0.15, 0.2) is 24.3 Å². The van der Waals surface area contributed by atoms with Gasteiger partial charge in [-0.1, -0.05) is 19.1 Å². The van der Waals surface area contributed by atoms with Gasteiger partial charge >= 0.3 is 0 Å². The molecule has 0 radical (unpaired) electrons. The molecule has 0 unspecified atom stereocenters. The van der Waals surface area contributed by atoms with Crippen LogP contribution in [0.25, 0.3) is 0 Å². The number of hydrogen-bond donors (Lipinski definition) is 0. The summed E-state index contributed by atoms with van der Waals surface area (Å²) >= 11 is 0. The van der Waals surface area contributed by atoms with Gasteiger partial charge in [0, 0.05) is 13.1 Å². The summed E-state index contributed by atoms with van der Waals surface area (Å²) in [6.45, 7) is 6.16. The first-order valence-corrected chi connectivity index (χ1v) is 7.17. The third-order valence-electron chi connectivity index (χ3n) is 3.43. The average Bonchev–Trinajstić information content (AvgIpc) is 3.23. The third-order valence-corrected chi connectivity index (χ3v) is 3.43. The fourth-order valence-corrected chi connectivity index (χ4v) is 2.25. The molecule has 0 spiro atoms. The second-order valence-corrected chi connectivity index (χ2v) is 5.20. The van der Waals surface area contributed by atoms with Crippen LogP contribution >= 0.6 is 0 Å². The van der Waals surface area contributed by atoms with Crippen LogP contribution in [0, 0.1) is 17.2 Å². The Hall–Kier alpha value is -1.53. The highest BCUT2D eigenvalue weighted by Gasteiger charge is 2.23. The number of ether oxygens (including phenoxy) is 1. The van der Waals surface area contributed by atoms with E-state index in [0.717, 1.165) is 19.0 Å². The Labute approximate surface area is 115 Å². The molecule has 19 heavy (non-hydrogen) atoms. The van der Waals surface area contributed by atoms with Gasteiger partial charge in [0.05, 0.1) is 5.56 Å². The minimum Gasteiger partial charge on any atom is -0.491 e. The molecular formula is C16H22N2O. The molecular weight excluding hydrogens is 236 g/mol. The molecule has 3 heteroatoms. The molecule has 0 heterocycles. The lowest BCUT2D eigenvalue weighted by atomic mass is 10.2. The molecule has 1 fully saturated rings. The third kappa shape index (κ3) is 4.57. The molecule has 0 bridgehead atoms. The molecule has 102 valence electrons. The Bertz CT molecular complexity index is 435. The van der Waals surface area contributed by atoms with Crippen LogP contribution in [0.4, 0.5) is 0 Å². The van der Waals surface area contributed by atoms with Crippen LogP contribution < -0.4 is 4.74 Å². The summed E-state index contributed by atoms with van der Waals surface area (Å²) in [4.78, 5) is 2.48. The maximum atomic E-state index is 9.00. The summed E-state index contributed by atoms with van der Waals surface area (Å²) < 4.78 is 5.74. The summed E-state index contributed by atoms with van der Waals surface area (Å²) in [6, 6.07) is 9.59. The standard InChI is InChI=1S/C16H22N2O/c1-2-9-18(13-14-7-8-14)10-11-19-16-6-4-3-5-15(16)12-17/h3-6,14H,2,7-11,13H2,1H3. The minimum atomic E-state index is 0.617. The lowest BCUT2D eigenvalue weighted by Gasteiger charge is -2.21. The summed E-state index contributed by atoms with van der Waals surface area (Å²) in [5.41, 5.74) is 0.617. The van der Waals surface area contributed by atoms with E-state index in [1.54, 1.807) is 6.07 Å². The highest BCUT2D eigenvalue weighted by atomic mass is 16.5. The zero-order chi connectivity index (χ0) is 13.5. The second-order valence-electron chi connectivity index (χ2n) is 5.20. The second kappa shape index (κ2) is 7.16. The summed E-state index contributed by atoms with van der Waals surface area (Å²) in [7, 11) is 0. The van der Waals surface area contributed by atoms with Crippen molar-refractivity contribution in [2.24, 2.45) is 5.92 Å². The van der Waals surface area contributed by atoms with E-state index in [0.29, 0.717) is 17.9 Å². The molecule has 0 N–H and O–H groups in total. The molecule has 0 saturated heterocycles. The largest absolute Gasteiger partial charge is 0.491 e. The van der Waals surface area contributed by atoms with Crippen LogP contribution in [0.2, 0.25) is 0 Å². The molecule has 0 amide bonds. The average molecular weight is 258 g/mol. The highest BCUT2D eigenvalue weighted by molar-refractivity contribution is 5.42. The molecule has 1 saturated carbocycles. The normalized spacial score (nSPS) is 14.4. The number of rotatable bonds is 8. The Morgan fingerprint density at radius 3 is 2.79 bits per heavy atom. The maximum absolute atomic E-state index is 9.00. The molecule has 1 aromatic rings. The summed E-state index contributed by atoms with van der Waals surface area (Å²) in [6.07, 6.45) is 3.96. The summed E-state index contributed by atoms with van der Waals surface area (Å²) in [5, 5.41) is 9.00. The van der Waals surface area contributed by atoms with Gasteiger partial charge in [-0.15, -0.1) is 0 Å². The zero-order valence-corrected chi connectivity index (χ0v) is 11.6. The monoisotopic (exact) mass is 258 g/mol. The van der Waals surface area contributed by atoms with E-state index in [1.807, 2.05) is 18.2 Å². The van der Waals surface area contributed by atoms with Gasteiger partial charge in [0.15, 0.2) is 0 Å². The maximum Gasteiger partial charge on any atom is 0.137 e. The van der Waals surface area contributed by atoms with Crippen molar-refractivity contribution in [2.45, 2.75) is 26.2 Å². The van der Waals surface area contributed by atoms with E-state index in [-0.39, 0.29) is 0 Å². The smallest absolute Gasteiger partial charge is 0.137 e. The molecule has 0 atom stereocenters. The number of nitrogens with zero attached hydrogens (tertiary/aromatic N) is 2. The van der Waals surface area contributed by atoms with E-state index >= 15 is 0 Å². The SMILES string of the molecule is CCCN(CCOc1ccccc1C#N)CC1CC1. The van der Waals surface area contributed by atoms with E-state index in [4.69, 9.17) is 10.00 Å². The molecule has 2 rings (SSSR count). The van der Waals surface area contributed by atoms with Gasteiger partial charge in [0.25, 0.3) is 0 Å². The van der Waals surface area contributed by atoms with Gasteiger partial charge in [-0.25, -0.2) is 0 Å². The van der Waals surface area contributed by atoms with Gasteiger partial charge in [-0.05, 0) is 43.9 Å². The topological polar surface area (TPSA) is 36.3 Å². The first kappa shape index (κ1) is 13.9. The molecule has 3 nitrogen and oxygen atoms in total. The first-order valence-electron chi connectivity index (χ1n) is 7.17. The fourth-order valence-electron chi connectivity index (χ4n) is 2.25. The Morgan fingerprint density at radius 2 is 2.11 bits per heavy atom. The van der Waals surface area contributed by atoms with Crippen LogP contribution in [0.1, 0.15) is 31.7 Å². The van der Waals surface area contributed by atoms with Crippen molar-refractivity contribution in [2.75, 3.05) is 26.2 Å². The predicted octanol–water partition coefficient (Wildman–Crippen LogP) is 3.06. The van der Waals surface area contributed by atoms with Gasteiger partial charge in [0.1, 0.15) is 18.4 Å². The lowest BCUT2D eigenvalue weighted by Crippen LogP contribution is -2.31. The number of para-hydroxylation sites is 1. The molecule has 0 aliphatic heterocycles. The van der Waals surface area contributed by atoms with Crippen molar-refractivity contribution in [1.82, 2.24) is 4.90 Å². The Morgan fingerprint density at radius 1 is 1.32 bits per heavy atom. The number of nitriles is 1. The highest BCUT2D eigenvalue weighted by Crippen LogP contribution is 2.29. The quantitative estimate of drug-likeness (QED) is 0.719. The van der Waals surface area contributed by atoms with Crippen molar-refractivity contribution in [1.29, 1.82) is 5.26 Å². The van der Waals surface area contributed by atoms with Crippen molar-refractivity contribution in [3.8, 4) is 11.8 Å². The number of hydrogen-bond acceptors (Lipinski definition) is 3. The van der Waals surface area contributed by atoms with Crippen LogP contribution in [0.3, 0.4) is 0 Å². The van der Waals surface area contributed by atoms with Gasteiger partial charge < -0.3 is 4.74 Å².